The molecular formula is C16H13NOS. The van der Waals surface area contributed by atoms with Crippen molar-refractivity contribution < 1.29 is 4.79 Å². The maximum Gasteiger partial charge on any atom is 0.212 e. The smallest absolute Gasteiger partial charge is 0.212 e. The third kappa shape index (κ3) is 2.06. The Kier molecular flexibility index (Phi) is 2.91. The lowest BCUT2D eigenvalue weighted by Gasteiger charge is -2.05. The molecule has 0 aliphatic heterocycles. The first-order valence-electron chi connectivity index (χ1n) is 6.12. The van der Waals surface area contributed by atoms with E-state index in [9.17, 15) is 4.79 Å². The Balaban J connectivity index is 2.16. The molecule has 0 fully saturated rings. The second-order valence-corrected chi connectivity index (χ2v) is 5.68. The lowest BCUT2D eigenvalue weighted by Crippen LogP contribution is -2.05. The van der Waals surface area contributed by atoms with Crippen molar-refractivity contribution in [3.63, 3.8) is 0 Å². The second kappa shape index (κ2) is 4.59. The Morgan fingerprint density at radius 2 is 1.95 bits per heavy atom. The summed E-state index contributed by atoms with van der Waals surface area (Å²) in [5.74, 6) is 0.00704. The van der Waals surface area contributed by atoms with Crippen LogP contribution in [0.15, 0.2) is 41.8 Å². The van der Waals surface area contributed by atoms with E-state index in [2.05, 4.69) is 4.98 Å². The molecule has 94 valence electrons. The molecule has 0 bridgehead atoms. The van der Waals surface area contributed by atoms with Crippen molar-refractivity contribution >= 4 is 28.0 Å². The van der Waals surface area contributed by atoms with Crippen LogP contribution in [0.5, 0.6) is 0 Å². The second-order valence-electron chi connectivity index (χ2n) is 4.56. The average molecular weight is 267 g/mol. The fourth-order valence-corrected chi connectivity index (χ4v) is 2.92. The first-order valence-corrected chi connectivity index (χ1v) is 7.00. The highest BCUT2D eigenvalue weighted by atomic mass is 32.1. The number of para-hydroxylation sites is 1. The number of hydrogen-bond donors (Lipinski definition) is 0. The Hall–Kier alpha value is -2.00. The van der Waals surface area contributed by atoms with Crippen LogP contribution in [-0.4, -0.2) is 10.8 Å². The van der Waals surface area contributed by atoms with Crippen LogP contribution in [0.4, 0.5) is 0 Å². The lowest BCUT2D eigenvalue weighted by molar-refractivity contribution is 0.103. The van der Waals surface area contributed by atoms with Crippen LogP contribution in [0.1, 0.15) is 26.5 Å². The van der Waals surface area contributed by atoms with Gasteiger partial charge in [0, 0.05) is 15.8 Å². The van der Waals surface area contributed by atoms with Crippen molar-refractivity contribution in [2.45, 2.75) is 13.8 Å². The molecule has 0 spiro atoms. The molecule has 0 saturated heterocycles. The summed E-state index contributed by atoms with van der Waals surface area (Å²) in [6.07, 6.45) is 0. The topological polar surface area (TPSA) is 30.0 Å². The molecule has 1 aromatic carbocycles. The van der Waals surface area contributed by atoms with Gasteiger partial charge in [-0.3, -0.25) is 4.79 Å². The van der Waals surface area contributed by atoms with E-state index < -0.39 is 0 Å². The van der Waals surface area contributed by atoms with Gasteiger partial charge in [-0.1, -0.05) is 18.2 Å². The lowest BCUT2D eigenvalue weighted by atomic mass is 10.0. The molecule has 0 atom stereocenters. The van der Waals surface area contributed by atoms with Crippen LogP contribution in [-0.2, 0) is 0 Å². The standard InChI is InChI=1S/C16H13NOS/c1-10-9-15(16(18)13-7-8-19-11(13)2)17-14-6-4-3-5-12(10)14/h3-9H,1-2H3. The van der Waals surface area contributed by atoms with Crippen molar-refractivity contribution in [2.75, 3.05) is 0 Å². The minimum absolute atomic E-state index is 0.00704. The zero-order chi connectivity index (χ0) is 13.4. The molecule has 0 amide bonds. The minimum Gasteiger partial charge on any atom is -0.287 e. The van der Waals surface area contributed by atoms with Gasteiger partial charge in [-0.25, -0.2) is 4.98 Å². The van der Waals surface area contributed by atoms with Crippen molar-refractivity contribution in [3.8, 4) is 0 Å². The highest BCUT2D eigenvalue weighted by Crippen LogP contribution is 2.22. The van der Waals surface area contributed by atoms with Crippen molar-refractivity contribution in [1.29, 1.82) is 0 Å². The number of pyridine rings is 1. The number of thiophene rings is 1. The van der Waals surface area contributed by atoms with Crippen LogP contribution in [0, 0.1) is 13.8 Å². The summed E-state index contributed by atoms with van der Waals surface area (Å²) in [6, 6.07) is 11.7. The highest BCUT2D eigenvalue weighted by Gasteiger charge is 2.15. The van der Waals surface area contributed by atoms with Gasteiger partial charge in [-0.15, -0.1) is 11.3 Å². The number of fused-ring (bicyclic) bond motifs is 1. The maximum absolute atomic E-state index is 12.5. The first-order chi connectivity index (χ1) is 9.16. The van der Waals surface area contributed by atoms with Crippen molar-refractivity contribution in [1.82, 2.24) is 4.98 Å². The molecule has 0 saturated carbocycles. The number of carbonyl (C=O) groups is 1. The minimum atomic E-state index is 0.00704. The summed E-state index contributed by atoms with van der Waals surface area (Å²) < 4.78 is 0. The van der Waals surface area contributed by atoms with Crippen LogP contribution < -0.4 is 0 Å². The number of hydrogen-bond acceptors (Lipinski definition) is 3. The summed E-state index contributed by atoms with van der Waals surface area (Å²) in [6.45, 7) is 3.98. The number of benzene rings is 1. The van der Waals surface area contributed by atoms with E-state index in [0.717, 1.165) is 26.9 Å². The summed E-state index contributed by atoms with van der Waals surface area (Å²) in [5, 5.41) is 3.04. The molecule has 0 aliphatic carbocycles. The molecule has 19 heavy (non-hydrogen) atoms. The fourth-order valence-electron chi connectivity index (χ4n) is 2.22. The monoisotopic (exact) mass is 267 g/mol. The van der Waals surface area contributed by atoms with Gasteiger partial charge in [-0.05, 0) is 43.0 Å². The van der Waals surface area contributed by atoms with E-state index in [1.807, 2.05) is 55.6 Å². The first kappa shape index (κ1) is 12.1. The number of ketones is 1. The van der Waals surface area contributed by atoms with Gasteiger partial charge < -0.3 is 0 Å². The number of carbonyl (C=O) groups excluding carboxylic acids is 1. The van der Waals surface area contributed by atoms with Crippen LogP contribution in [0.2, 0.25) is 0 Å². The van der Waals surface area contributed by atoms with Crippen LogP contribution in [0.3, 0.4) is 0 Å². The Morgan fingerprint density at radius 1 is 1.16 bits per heavy atom. The fraction of sp³-hybridized carbons (Fsp3) is 0.125. The predicted octanol–water partition coefficient (Wildman–Crippen LogP) is 4.14. The molecule has 3 rings (SSSR count). The molecule has 2 heterocycles. The van der Waals surface area contributed by atoms with E-state index >= 15 is 0 Å². The summed E-state index contributed by atoms with van der Waals surface area (Å²) in [7, 11) is 0. The Morgan fingerprint density at radius 3 is 2.68 bits per heavy atom. The zero-order valence-corrected chi connectivity index (χ0v) is 11.6. The molecule has 3 aromatic rings. The zero-order valence-electron chi connectivity index (χ0n) is 10.8. The van der Waals surface area contributed by atoms with E-state index in [1.54, 1.807) is 11.3 Å². The van der Waals surface area contributed by atoms with Gasteiger partial charge in [0.15, 0.2) is 0 Å². The van der Waals surface area contributed by atoms with E-state index in [0.29, 0.717) is 5.69 Å². The van der Waals surface area contributed by atoms with Crippen molar-refractivity contribution in [3.05, 3.63) is 63.5 Å². The predicted molar refractivity (Wildman–Crippen MR) is 79.0 cm³/mol. The van der Waals surface area contributed by atoms with Crippen molar-refractivity contribution in [2.24, 2.45) is 0 Å². The third-order valence-electron chi connectivity index (χ3n) is 3.26. The molecular weight excluding hydrogens is 254 g/mol. The number of rotatable bonds is 2. The highest BCUT2D eigenvalue weighted by molar-refractivity contribution is 7.10. The number of aryl methyl sites for hydroxylation is 2. The molecule has 0 aliphatic rings. The normalized spacial score (nSPS) is 10.8. The summed E-state index contributed by atoms with van der Waals surface area (Å²) in [5.41, 5.74) is 3.24. The summed E-state index contributed by atoms with van der Waals surface area (Å²) >= 11 is 1.59. The molecule has 0 radical (unpaired) electrons. The average Bonchev–Trinajstić information content (AvgIpc) is 2.84. The molecule has 3 heteroatoms. The number of aromatic nitrogens is 1. The summed E-state index contributed by atoms with van der Waals surface area (Å²) in [4.78, 5) is 18.0. The molecule has 2 aromatic heterocycles. The molecule has 0 unspecified atom stereocenters. The van der Waals surface area contributed by atoms with Crippen LogP contribution >= 0.6 is 11.3 Å². The van der Waals surface area contributed by atoms with Gasteiger partial charge in [-0.2, -0.15) is 0 Å². The maximum atomic E-state index is 12.5. The number of nitrogens with zero attached hydrogens (tertiary/aromatic N) is 1. The van der Waals surface area contributed by atoms with Gasteiger partial charge in [0.2, 0.25) is 5.78 Å². The molecule has 0 N–H and O–H groups in total. The van der Waals surface area contributed by atoms with E-state index in [1.165, 1.54) is 0 Å². The Labute approximate surface area is 115 Å². The third-order valence-corrected chi connectivity index (χ3v) is 4.10. The van der Waals surface area contributed by atoms with Gasteiger partial charge >= 0.3 is 0 Å². The van der Waals surface area contributed by atoms with E-state index in [4.69, 9.17) is 0 Å². The quantitative estimate of drug-likeness (QED) is 0.653. The van der Waals surface area contributed by atoms with E-state index in [-0.39, 0.29) is 5.78 Å². The SMILES string of the molecule is Cc1sccc1C(=O)c1cc(C)c2ccccc2n1. The van der Waals surface area contributed by atoms with Gasteiger partial charge in [0.1, 0.15) is 5.69 Å². The molecule has 2 nitrogen and oxygen atoms in total. The van der Waals surface area contributed by atoms with Crippen LogP contribution in [0.25, 0.3) is 10.9 Å². The van der Waals surface area contributed by atoms with Gasteiger partial charge in [0.05, 0.1) is 5.52 Å². The van der Waals surface area contributed by atoms with Gasteiger partial charge in [0.25, 0.3) is 0 Å². The largest absolute Gasteiger partial charge is 0.287 e. The Bertz CT molecular complexity index is 773.